The largest absolute Gasteiger partial charge is 0.461 e. The minimum Gasteiger partial charge on any atom is -0.461 e. The van der Waals surface area contributed by atoms with Gasteiger partial charge < -0.3 is 4.74 Å². The molecular weight excluding hydrogens is 427 g/mol. The van der Waals surface area contributed by atoms with E-state index in [4.69, 9.17) is 38.0 Å². The third-order valence-electron chi connectivity index (χ3n) is 3.42. The van der Waals surface area contributed by atoms with Crippen molar-refractivity contribution in [3.8, 4) is 0 Å². The summed E-state index contributed by atoms with van der Waals surface area (Å²) in [5.41, 5.74) is -0.568. The Bertz CT molecular complexity index is 317. The Labute approximate surface area is 158 Å². The lowest BCUT2D eigenvalue weighted by Crippen LogP contribution is -2.40. The molecule has 0 aliphatic carbocycles. The number of alkyl halides is 1. The van der Waals surface area contributed by atoms with Crippen molar-refractivity contribution in [2.24, 2.45) is 0 Å². The summed E-state index contributed by atoms with van der Waals surface area (Å²) < 4.78 is 4.66. The van der Waals surface area contributed by atoms with Crippen LogP contribution >= 0.6 is 49.2 Å². The van der Waals surface area contributed by atoms with Crippen LogP contribution in [0.1, 0.15) is 78.6 Å². The Kier molecular flexibility index (Phi) is 12.1. The fourth-order valence-corrected chi connectivity index (χ4v) is 4.27. The molecule has 0 spiro atoms. The fraction of sp³-hybridized carbons (Fsp3) is 0.933. The number of esters is 1. The van der Waals surface area contributed by atoms with Crippen molar-refractivity contribution in [1.82, 2.24) is 0 Å². The molecule has 0 bridgehead atoms. The molecule has 7 heteroatoms. The van der Waals surface area contributed by atoms with Crippen LogP contribution < -0.4 is 0 Å². The number of unbranched alkanes of at least 4 members (excludes halogenated alkanes) is 7. The molecule has 1 unspecified atom stereocenters. The van der Waals surface area contributed by atoms with Crippen LogP contribution in [-0.4, -0.2) is 22.0 Å². The highest BCUT2D eigenvalue weighted by Crippen LogP contribution is 2.32. The van der Waals surface area contributed by atoms with Gasteiger partial charge in [0.2, 0.25) is 0 Å². The average molecular weight is 455 g/mol. The second-order valence-corrected chi connectivity index (χ2v) is 17.0. The molecule has 0 aliphatic rings. The molecule has 0 aromatic carbocycles. The lowest BCUT2D eigenvalue weighted by molar-refractivity contribution is -0.147. The van der Waals surface area contributed by atoms with E-state index in [1.165, 1.54) is 38.5 Å². The van der Waals surface area contributed by atoms with E-state index in [0.29, 0.717) is 6.42 Å². The van der Waals surface area contributed by atoms with Gasteiger partial charge in [0, 0.05) is 0 Å². The minimum absolute atomic E-state index is 0.379. The van der Waals surface area contributed by atoms with Gasteiger partial charge in [-0.1, -0.05) is 67.8 Å². The van der Waals surface area contributed by atoms with Crippen LogP contribution in [-0.2, 0) is 9.53 Å². The number of halogens is 4. The highest BCUT2D eigenvalue weighted by atomic mass is 79.9. The monoisotopic (exact) mass is 452 g/mol. The van der Waals surface area contributed by atoms with Crippen LogP contribution in [0.5, 0.6) is 0 Å². The predicted octanol–water partition coefficient (Wildman–Crippen LogP) is 6.80. The van der Waals surface area contributed by atoms with E-state index in [2.05, 4.69) is 22.9 Å². The Morgan fingerprint density at radius 3 is 1.91 bits per heavy atom. The summed E-state index contributed by atoms with van der Waals surface area (Å²) in [5, 5.41) is 0. The molecule has 1 atom stereocenters. The standard InChI is InChI=1S/C15H28BrCl3O2Si/c1-4-5-6-7-8-9-10-11-12-13(22(17,18)19)21-14(20)15(2,3)16/h13H,4-12H2,1-3H3. The Hall–Kier alpha value is 1.04. The molecule has 0 radical (unpaired) electrons. The van der Waals surface area contributed by atoms with Gasteiger partial charge in [-0.05, 0) is 26.7 Å². The lowest BCUT2D eigenvalue weighted by Gasteiger charge is -2.25. The Morgan fingerprint density at radius 2 is 1.50 bits per heavy atom. The van der Waals surface area contributed by atoms with E-state index in [9.17, 15) is 4.79 Å². The Balaban J connectivity index is 4.05. The van der Waals surface area contributed by atoms with E-state index >= 15 is 0 Å². The summed E-state index contributed by atoms with van der Waals surface area (Å²) in [7, 11) is 0. The second-order valence-electron chi connectivity index (χ2n) is 6.17. The van der Waals surface area contributed by atoms with Gasteiger partial charge in [-0.15, -0.1) is 33.2 Å². The van der Waals surface area contributed by atoms with Crippen LogP contribution in [0.25, 0.3) is 0 Å². The molecule has 2 nitrogen and oxygen atoms in total. The maximum atomic E-state index is 11.9. The first kappa shape index (κ1) is 23.0. The SMILES string of the molecule is CCCCCCCCCCC(OC(=O)C(C)(C)Br)[Si](Cl)(Cl)Cl. The van der Waals surface area contributed by atoms with Crippen molar-refractivity contribution in [2.45, 2.75) is 88.6 Å². The van der Waals surface area contributed by atoms with Crippen LogP contribution in [0.4, 0.5) is 0 Å². The van der Waals surface area contributed by atoms with Gasteiger partial charge in [0.25, 0.3) is 0 Å². The zero-order valence-corrected chi connectivity index (χ0v) is 18.6. The molecule has 0 N–H and O–H groups in total. The van der Waals surface area contributed by atoms with Gasteiger partial charge in [-0.25, -0.2) is 0 Å². The molecule has 0 saturated heterocycles. The molecule has 0 heterocycles. The van der Waals surface area contributed by atoms with E-state index in [1.54, 1.807) is 13.8 Å². The number of carbonyl (C=O) groups is 1. The highest BCUT2D eigenvalue weighted by molar-refractivity contribution is 9.10. The fourth-order valence-electron chi connectivity index (χ4n) is 2.02. The van der Waals surface area contributed by atoms with Crippen LogP contribution in [0.2, 0.25) is 0 Å². The molecule has 0 aliphatic heterocycles. The summed E-state index contributed by atoms with van der Waals surface area (Å²) in [4.78, 5) is 11.9. The van der Waals surface area contributed by atoms with Crippen molar-refractivity contribution in [2.75, 3.05) is 0 Å². The summed E-state index contributed by atoms with van der Waals surface area (Å²) in [6.45, 7) is 5.67. The predicted molar refractivity (Wildman–Crippen MR) is 103 cm³/mol. The van der Waals surface area contributed by atoms with Crippen LogP contribution in [0.15, 0.2) is 0 Å². The lowest BCUT2D eigenvalue weighted by atomic mass is 10.1. The number of hydrogen-bond acceptors (Lipinski definition) is 2. The molecule has 0 rings (SSSR count). The maximum absolute atomic E-state index is 11.9. The van der Waals surface area contributed by atoms with Crippen molar-refractivity contribution in [3.05, 3.63) is 0 Å². The minimum atomic E-state index is -3.06. The summed E-state index contributed by atoms with van der Waals surface area (Å²) in [5.74, 6) is -0.379. The van der Waals surface area contributed by atoms with Crippen molar-refractivity contribution in [3.63, 3.8) is 0 Å². The molecule has 0 fully saturated rings. The second kappa shape index (κ2) is 11.6. The highest BCUT2D eigenvalue weighted by Gasteiger charge is 2.41. The van der Waals surface area contributed by atoms with Gasteiger partial charge in [0.15, 0.2) is 0 Å². The first-order valence-electron chi connectivity index (χ1n) is 8.05. The quantitative estimate of drug-likeness (QED) is 0.107. The molecule has 0 saturated carbocycles. The third kappa shape index (κ3) is 11.6. The van der Waals surface area contributed by atoms with E-state index in [1.807, 2.05) is 0 Å². The number of hydrogen-bond donors (Lipinski definition) is 0. The van der Waals surface area contributed by atoms with Crippen molar-refractivity contribution < 1.29 is 9.53 Å². The van der Waals surface area contributed by atoms with E-state index in [0.717, 1.165) is 12.8 Å². The zero-order valence-electron chi connectivity index (χ0n) is 13.8. The molecule has 0 aromatic heterocycles. The number of ether oxygens (including phenoxy) is 1. The third-order valence-corrected chi connectivity index (χ3v) is 7.07. The summed E-state index contributed by atoms with van der Waals surface area (Å²) in [6.07, 6.45) is 10.3. The topological polar surface area (TPSA) is 26.3 Å². The van der Waals surface area contributed by atoms with Gasteiger partial charge in [-0.2, -0.15) is 0 Å². The normalized spacial score (nSPS) is 14.0. The van der Waals surface area contributed by atoms with Gasteiger partial charge in [0.05, 0.1) is 0 Å². The van der Waals surface area contributed by atoms with E-state index < -0.39 is 16.1 Å². The smallest absolute Gasteiger partial charge is 0.381 e. The molecule has 132 valence electrons. The van der Waals surface area contributed by atoms with Gasteiger partial charge in [0.1, 0.15) is 10.1 Å². The molecule has 0 amide bonds. The van der Waals surface area contributed by atoms with E-state index in [-0.39, 0.29) is 5.97 Å². The summed E-state index contributed by atoms with van der Waals surface area (Å²) in [6, 6.07) is -3.06. The first-order valence-corrected chi connectivity index (χ1v) is 14.0. The number of carbonyl (C=O) groups excluding carboxylic acids is 1. The van der Waals surface area contributed by atoms with Crippen molar-refractivity contribution in [1.29, 1.82) is 0 Å². The maximum Gasteiger partial charge on any atom is 0.381 e. The van der Waals surface area contributed by atoms with Crippen LogP contribution in [0, 0.1) is 0 Å². The number of rotatable bonds is 12. The average Bonchev–Trinajstić information content (AvgIpc) is 2.37. The first-order chi connectivity index (χ1) is 10.1. The zero-order chi connectivity index (χ0) is 17.2. The van der Waals surface area contributed by atoms with Gasteiger partial charge >= 0.3 is 12.0 Å². The molecule has 0 aromatic rings. The van der Waals surface area contributed by atoms with Gasteiger partial charge in [-0.3, -0.25) is 4.79 Å². The molecule has 22 heavy (non-hydrogen) atoms. The van der Waals surface area contributed by atoms with Crippen LogP contribution in [0.3, 0.4) is 0 Å². The van der Waals surface area contributed by atoms with Crippen molar-refractivity contribution >= 4 is 61.1 Å². The molecular formula is C15H28BrCl3O2Si. The Morgan fingerprint density at radius 1 is 1.05 bits per heavy atom. The summed E-state index contributed by atoms with van der Waals surface area (Å²) >= 11 is 21.5.